The van der Waals surface area contributed by atoms with Gasteiger partial charge >= 0.3 is 12.1 Å². The van der Waals surface area contributed by atoms with Crippen molar-refractivity contribution in [1.29, 1.82) is 0 Å². The van der Waals surface area contributed by atoms with Crippen LogP contribution < -0.4 is 20.9 Å². The number of amides is 2. The molecule has 2 heterocycles. The summed E-state index contributed by atoms with van der Waals surface area (Å²) in [6.45, 7) is 4.01. The van der Waals surface area contributed by atoms with Gasteiger partial charge in [-0.2, -0.15) is 0 Å². The number of anilines is 2. The number of aliphatic carboxylic acids is 1. The second-order valence-electron chi connectivity index (χ2n) is 9.86. The monoisotopic (exact) mass is 554 g/mol. The van der Waals surface area contributed by atoms with Gasteiger partial charge in [-0.3, -0.25) is 4.79 Å². The van der Waals surface area contributed by atoms with Gasteiger partial charge in [-0.05, 0) is 37.1 Å². The molecule has 1 saturated heterocycles. The number of alkyl carbamates (subject to hydrolysis) is 1. The Morgan fingerprint density at radius 2 is 1.98 bits per heavy atom. The van der Waals surface area contributed by atoms with Gasteiger partial charge < -0.3 is 35.6 Å². The van der Waals surface area contributed by atoms with Gasteiger partial charge in [0.15, 0.2) is 5.96 Å². The summed E-state index contributed by atoms with van der Waals surface area (Å²) in [6, 6.07) is 15.5. The fourth-order valence-electron chi connectivity index (χ4n) is 4.66. The first kappa shape index (κ1) is 28.7. The van der Waals surface area contributed by atoms with Gasteiger partial charge in [0.1, 0.15) is 18.8 Å². The number of carbonyl (C=O) groups is 3. The molecule has 3 unspecified atom stereocenters. The van der Waals surface area contributed by atoms with Crippen LogP contribution in [0.25, 0.3) is 0 Å². The third-order valence-electron chi connectivity index (χ3n) is 6.81. The highest BCUT2D eigenvalue weighted by Crippen LogP contribution is 2.23. The van der Waals surface area contributed by atoms with Crippen LogP contribution in [0.5, 0.6) is 0 Å². The molecule has 4 N–H and O–H groups in total. The highest BCUT2D eigenvalue weighted by Gasteiger charge is 2.29. The van der Waals surface area contributed by atoms with Crippen LogP contribution in [0.15, 0.2) is 59.6 Å². The molecule has 2 aromatic rings. The molecule has 214 valence electrons. The molecule has 1 fully saturated rings. The topological polar surface area (TPSA) is 136 Å². The average molecular weight is 555 g/mol. The zero-order chi connectivity index (χ0) is 28.5. The number of hydrogen-bond acceptors (Lipinski definition) is 8. The Morgan fingerprint density at radius 1 is 1.18 bits per heavy atom. The Balaban J connectivity index is 1.25. The van der Waals surface area contributed by atoms with E-state index in [-0.39, 0.29) is 44.5 Å². The maximum Gasteiger partial charge on any atom is 0.408 e. The van der Waals surface area contributed by atoms with Crippen LogP contribution in [0.2, 0.25) is 0 Å². The van der Waals surface area contributed by atoms with E-state index in [1.165, 1.54) is 0 Å². The van der Waals surface area contributed by atoms with E-state index in [4.69, 9.17) is 4.74 Å². The van der Waals surface area contributed by atoms with E-state index >= 15 is 0 Å². The second-order valence-corrected chi connectivity index (χ2v) is 9.86. The molecule has 11 nitrogen and oxygen atoms in total. The van der Waals surface area contributed by atoms with Crippen molar-refractivity contribution >= 4 is 35.3 Å². The van der Waals surface area contributed by atoms with Crippen molar-refractivity contribution in [3.8, 4) is 0 Å². The Kier molecular flexibility index (Phi) is 9.76. The molecule has 0 aliphatic carbocycles. The number of nitrogens with zero attached hydrogens (tertiary/aromatic N) is 3. The number of guanidine groups is 1. The molecule has 0 spiro atoms. The molecular weight excluding hydrogens is 519 g/mol. The van der Waals surface area contributed by atoms with E-state index < -0.39 is 24.3 Å². The minimum Gasteiger partial charge on any atom is -0.480 e. The first-order chi connectivity index (χ1) is 19.3. The molecule has 2 aromatic carbocycles. The largest absolute Gasteiger partial charge is 0.480 e. The molecule has 3 atom stereocenters. The Hall–Kier alpha value is -4.35. The lowest BCUT2D eigenvalue weighted by Gasteiger charge is -2.41. The molecule has 2 aliphatic heterocycles. The van der Waals surface area contributed by atoms with Crippen molar-refractivity contribution in [2.75, 3.05) is 42.9 Å². The number of carboxylic acids is 1. The molecule has 12 heteroatoms. The Morgan fingerprint density at radius 3 is 2.67 bits per heavy atom. The number of carbonyl (C=O) groups excluding carboxylic acids is 2. The van der Waals surface area contributed by atoms with Crippen molar-refractivity contribution < 1.29 is 28.6 Å². The molecule has 0 saturated carbocycles. The van der Waals surface area contributed by atoms with Crippen LogP contribution in [0.4, 0.5) is 20.6 Å². The summed E-state index contributed by atoms with van der Waals surface area (Å²) >= 11 is 0. The summed E-state index contributed by atoms with van der Waals surface area (Å²) in [5.41, 5.74) is 2.58. The molecule has 0 radical (unpaired) electrons. The van der Waals surface area contributed by atoms with Crippen LogP contribution in [0.1, 0.15) is 25.3 Å². The summed E-state index contributed by atoms with van der Waals surface area (Å²) in [6.07, 6.45) is -1.89. The molecule has 0 bridgehead atoms. The summed E-state index contributed by atoms with van der Waals surface area (Å²) in [4.78, 5) is 44.9. The van der Waals surface area contributed by atoms with Gasteiger partial charge in [0, 0.05) is 43.5 Å². The first-order valence-corrected chi connectivity index (χ1v) is 13.3. The first-order valence-electron chi connectivity index (χ1n) is 13.3. The van der Waals surface area contributed by atoms with Crippen molar-refractivity contribution in [2.45, 2.75) is 44.6 Å². The number of piperazine rings is 1. The highest BCUT2D eigenvalue weighted by molar-refractivity contribution is 5.94. The lowest BCUT2D eigenvalue weighted by atomic mass is 10.1. The van der Waals surface area contributed by atoms with Crippen LogP contribution in [0, 0.1) is 0 Å². The summed E-state index contributed by atoms with van der Waals surface area (Å²) in [7, 11) is 0. The maximum absolute atomic E-state index is 13.3. The van der Waals surface area contributed by atoms with E-state index in [1.807, 2.05) is 49.4 Å². The Labute approximate surface area is 232 Å². The van der Waals surface area contributed by atoms with Crippen molar-refractivity contribution in [1.82, 2.24) is 15.5 Å². The predicted octanol–water partition coefficient (Wildman–Crippen LogP) is 2.59. The van der Waals surface area contributed by atoms with Crippen molar-refractivity contribution in [2.24, 2.45) is 4.99 Å². The molecule has 4 rings (SSSR count). The minimum absolute atomic E-state index is 0.0178. The number of halogens is 1. The number of nitrogens with one attached hydrogen (secondary N) is 3. The van der Waals surface area contributed by atoms with Crippen LogP contribution in [-0.2, 0) is 20.9 Å². The number of alkyl halides is 1. The molecule has 2 amide bonds. The highest BCUT2D eigenvalue weighted by atomic mass is 19.1. The predicted molar refractivity (Wildman–Crippen MR) is 149 cm³/mol. The van der Waals surface area contributed by atoms with E-state index in [1.54, 1.807) is 17.0 Å². The molecule has 0 aromatic heterocycles. The van der Waals surface area contributed by atoms with Gasteiger partial charge in [-0.15, -0.1) is 0 Å². The number of rotatable bonds is 9. The minimum atomic E-state index is -1.24. The van der Waals surface area contributed by atoms with Gasteiger partial charge in [-0.25, -0.2) is 19.0 Å². The Bertz CT molecular complexity index is 1210. The van der Waals surface area contributed by atoms with Crippen LogP contribution in [-0.4, -0.2) is 84.9 Å². The zero-order valence-corrected chi connectivity index (χ0v) is 22.4. The van der Waals surface area contributed by atoms with Crippen LogP contribution in [0.3, 0.4) is 0 Å². The van der Waals surface area contributed by atoms with Gasteiger partial charge in [0.05, 0.1) is 13.1 Å². The summed E-state index contributed by atoms with van der Waals surface area (Å²) < 4.78 is 18.4. The lowest BCUT2D eigenvalue weighted by molar-refractivity contribution is -0.140. The smallest absolute Gasteiger partial charge is 0.408 e. The average Bonchev–Trinajstić information content (AvgIpc) is 2.95. The lowest BCUT2D eigenvalue weighted by Crippen LogP contribution is -2.54. The van der Waals surface area contributed by atoms with Crippen molar-refractivity contribution in [3.05, 3.63) is 60.2 Å². The standard InChI is InChI=1S/C28H35FN6O5/c1-19-17-34(23-9-5-8-22(14-23)32-27-30-15-21(29)16-31-27)12-13-35(19)25(36)11-10-24(26(37)38)33-28(39)40-18-20-6-3-2-4-7-20/h2-9,14,19,21,24H,10-13,15-18H2,1H3,(H,33,39)(H,37,38)(H2,30,31,32). The van der Waals surface area contributed by atoms with Gasteiger partial charge in [0.25, 0.3) is 0 Å². The normalized spacial score (nSPS) is 19.6. The van der Waals surface area contributed by atoms with E-state index in [9.17, 15) is 23.9 Å². The third-order valence-corrected chi connectivity index (χ3v) is 6.81. The fraction of sp³-hybridized carbons (Fsp3) is 0.429. The second kappa shape index (κ2) is 13.6. The van der Waals surface area contributed by atoms with E-state index in [0.29, 0.717) is 25.6 Å². The molecule has 40 heavy (non-hydrogen) atoms. The number of ether oxygens (including phenoxy) is 1. The number of benzene rings is 2. The third kappa shape index (κ3) is 8.08. The van der Waals surface area contributed by atoms with Gasteiger partial charge in [0.2, 0.25) is 5.91 Å². The van der Waals surface area contributed by atoms with Gasteiger partial charge in [-0.1, -0.05) is 36.4 Å². The molecular formula is C28H35FN6O5. The van der Waals surface area contributed by atoms with E-state index in [0.717, 1.165) is 16.9 Å². The fourth-order valence-corrected chi connectivity index (χ4v) is 4.66. The summed E-state index contributed by atoms with van der Waals surface area (Å²) in [5, 5.41) is 18.0. The molecule has 2 aliphatic rings. The number of aliphatic imine (C=N–C) groups is 1. The number of carboxylic acid groups (broad SMARTS) is 1. The van der Waals surface area contributed by atoms with Crippen molar-refractivity contribution in [3.63, 3.8) is 0 Å². The quantitative estimate of drug-likeness (QED) is 0.372. The van der Waals surface area contributed by atoms with Crippen LogP contribution >= 0.6 is 0 Å². The summed E-state index contributed by atoms with van der Waals surface area (Å²) in [5.74, 6) is -0.857. The number of hydrogen-bond donors (Lipinski definition) is 4. The zero-order valence-electron chi connectivity index (χ0n) is 22.4. The van der Waals surface area contributed by atoms with E-state index in [2.05, 4.69) is 25.8 Å². The SMILES string of the molecule is CC1CN(c2cccc(NC3=NCC(F)CN3)c2)CCN1C(=O)CCC(NC(=O)OCc1ccccc1)C(=O)O. The maximum atomic E-state index is 13.3.